The van der Waals surface area contributed by atoms with Gasteiger partial charge in [-0.25, -0.2) is 4.39 Å². The Balaban J connectivity index is 2.27. The highest BCUT2D eigenvalue weighted by atomic mass is 35.5. The van der Waals surface area contributed by atoms with Gasteiger partial charge in [-0.3, -0.25) is 0 Å². The van der Waals surface area contributed by atoms with Crippen LogP contribution >= 0.6 is 11.6 Å². The van der Waals surface area contributed by atoms with Gasteiger partial charge in [0.25, 0.3) is 0 Å². The Morgan fingerprint density at radius 1 is 1.17 bits per heavy atom. The summed E-state index contributed by atoms with van der Waals surface area (Å²) in [4.78, 5) is 0. The maximum absolute atomic E-state index is 13.0. The largest absolute Gasteiger partial charge is 0.473 e. The Morgan fingerprint density at radius 3 is 2.50 bits per heavy atom. The summed E-state index contributed by atoms with van der Waals surface area (Å²) in [5.74, 6) is 2.73. The van der Waals surface area contributed by atoms with E-state index in [4.69, 9.17) is 22.8 Å². The van der Waals surface area contributed by atoms with Crippen LogP contribution in [0.2, 0.25) is 5.02 Å². The summed E-state index contributed by atoms with van der Waals surface area (Å²) in [6.07, 6.45) is 4.79. The highest BCUT2D eigenvalue weighted by Gasteiger charge is 2.14. The van der Waals surface area contributed by atoms with Crippen molar-refractivity contribution in [2.45, 2.75) is 6.10 Å². The van der Waals surface area contributed by atoms with Gasteiger partial charge in [-0.2, -0.15) is 0 Å². The summed E-state index contributed by atoms with van der Waals surface area (Å²) >= 11 is 5.95. The summed E-state index contributed by atoms with van der Waals surface area (Å²) in [6, 6.07) is 13.2. The minimum atomic E-state index is -0.638. The summed E-state index contributed by atoms with van der Waals surface area (Å²) in [5, 5.41) is 0.258. The molecule has 0 fully saturated rings. The third kappa shape index (κ3) is 2.82. The Kier molecular flexibility index (Phi) is 3.86. The highest BCUT2D eigenvalue weighted by Crippen LogP contribution is 2.27. The fourth-order valence-corrected chi connectivity index (χ4v) is 1.80. The molecule has 2 rings (SSSR count). The molecular formula is C15H10ClFO. The van der Waals surface area contributed by atoms with Crippen LogP contribution in [-0.4, -0.2) is 0 Å². The van der Waals surface area contributed by atoms with Crippen molar-refractivity contribution in [1.82, 2.24) is 0 Å². The second kappa shape index (κ2) is 5.57. The molecule has 0 heterocycles. The van der Waals surface area contributed by atoms with Gasteiger partial charge in [0, 0.05) is 5.56 Å². The molecule has 2 aromatic carbocycles. The minimum absolute atomic E-state index is 0.258. The van der Waals surface area contributed by atoms with Gasteiger partial charge in [0.1, 0.15) is 11.6 Å². The zero-order valence-electron chi connectivity index (χ0n) is 9.44. The number of rotatable bonds is 3. The maximum atomic E-state index is 13.0. The van der Waals surface area contributed by atoms with Gasteiger partial charge < -0.3 is 4.74 Å². The monoisotopic (exact) mass is 260 g/mol. The van der Waals surface area contributed by atoms with E-state index in [0.717, 1.165) is 0 Å². The highest BCUT2D eigenvalue weighted by molar-refractivity contribution is 6.31. The first-order valence-electron chi connectivity index (χ1n) is 5.33. The van der Waals surface area contributed by atoms with E-state index in [1.54, 1.807) is 12.1 Å². The molecule has 0 radical (unpaired) electrons. The molecule has 3 heteroatoms. The van der Waals surface area contributed by atoms with Crippen LogP contribution in [0, 0.1) is 18.2 Å². The lowest BCUT2D eigenvalue weighted by Crippen LogP contribution is -2.06. The van der Waals surface area contributed by atoms with Crippen molar-refractivity contribution in [2.24, 2.45) is 0 Å². The molecule has 1 nitrogen and oxygen atoms in total. The molecule has 0 saturated heterocycles. The molecule has 0 aliphatic carbocycles. The lowest BCUT2D eigenvalue weighted by atomic mass is 10.1. The van der Waals surface area contributed by atoms with Crippen LogP contribution in [0.4, 0.5) is 4.39 Å². The van der Waals surface area contributed by atoms with Crippen molar-refractivity contribution in [2.75, 3.05) is 0 Å². The first kappa shape index (κ1) is 12.5. The van der Waals surface area contributed by atoms with Gasteiger partial charge >= 0.3 is 0 Å². The fraction of sp³-hybridized carbons (Fsp3) is 0.0667. The van der Waals surface area contributed by atoms with E-state index in [9.17, 15) is 4.39 Å². The topological polar surface area (TPSA) is 9.23 Å². The Bertz CT molecular complexity index is 575. The van der Waals surface area contributed by atoms with Gasteiger partial charge in [-0.05, 0) is 30.3 Å². The smallest absolute Gasteiger partial charge is 0.185 e. The molecule has 0 aromatic heterocycles. The van der Waals surface area contributed by atoms with Crippen LogP contribution in [0.3, 0.4) is 0 Å². The second-order valence-corrected chi connectivity index (χ2v) is 4.05. The van der Waals surface area contributed by atoms with E-state index in [-0.39, 0.29) is 5.02 Å². The lowest BCUT2D eigenvalue weighted by molar-refractivity contribution is 0.265. The van der Waals surface area contributed by atoms with Crippen LogP contribution in [0.25, 0.3) is 0 Å². The third-order valence-electron chi connectivity index (χ3n) is 2.39. The number of halogens is 2. The Labute approximate surface area is 110 Å². The van der Waals surface area contributed by atoms with Gasteiger partial charge in [0.2, 0.25) is 0 Å². The number of ether oxygens (including phenoxy) is 1. The number of hydrogen-bond acceptors (Lipinski definition) is 1. The van der Waals surface area contributed by atoms with Gasteiger partial charge in [0.15, 0.2) is 6.10 Å². The number of benzene rings is 2. The van der Waals surface area contributed by atoms with Crippen LogP contribution in [0.1, 0.15) is 11.7 Å². The molecule has 1 unspecified atom stereocenters. The maximum Gasteiger partial charge on any atom is 0.185 e. The zero-order valence-corrected chi connectivity index (χ0v) is 10.2. The van der Waals surface area contributed by atoms with Gasteiger partial charge in [0.05, 0.1) is 5.02 Å². The first-order valence-corrected chi connectivity index (χ1v) is 5.71. The average Bonchev–Trinajstić information content (AvgIpc) is 2.38. The molecule has 90 valence electrons. The van der Waals surface area contributed by atoms with Gasteiger partial charge in [-0.1, -0.05) is 35.7 Å². The van der Waals surface area contributed by atoms with Crippen molar-refractivity contribution < 1.29 is 9.13 Å². The van der Waals surface area contributed by atoms with E-state index >= 15 is 0 Å². The number of para-hydroxylation sites is 1. The SMILES string of the molecule is C#CC(Oc1ccccc1)c1ccc(F)cc1Cl. The fourth-order valence-electron chi connectivity index (χ4n) is 1.54. The van der Waals surface area contributed by atoms with E-state index < -0.39 is 11.9 Å². The summed E-state index contributed by atoms with van der Waals surface area (Å²) in [5.41, 5.74) is 0.574. The molecule has 2 aromatic rings. The van der Waals surface area contributed by atoms with E-state index in [1.807, 2.05) is 18.2 Å². The molecule has 18 heavy (non-hydrogen) atoms. The predicted molar refractivity (Wildman–Crippen MR) is 70.1 cm³/mol. The second-order valence-electron chi connectivity index (χ2n) is 3.64. The zero-order chi connectivity index (χ0) is 13.0. The predicted octanol–water partition coefficient (Wildman–Crippen LogP) is 4.23. The normalized spacial score (nSPS) is 11.6. The van der Waals surface area contributed by atoms with E-state index in [2.05, 4.69) is 5.92 Å². The minimum Gasteiger partial charge on any atom is -0.473 e. The molecule has 0 aliphatic rings. The molecule has 0 saturated carbocycles. The van der Waals surface area contributed by atoms with Crippen LogP contribution in [-0.2, 0) is 0 Å². The quantitative estimate of drug-likeness (QED) is 0.751. The Hall–Kier alpha value is -1.98. The third-order valence-corrected chi connectivity index (χ3v) is 2.72. The molecule has 0 amide bonds. The van der Waals surface area contributed by atoms with E-state index in [0.29, 0.717) is 11.3 Å². The number of terminal acetylenes is 1. The molecule has 0 N–H and O–H groups in total. The Morgan fingerprint density at radius 2 is 1.89 bits per heavy atom. The molecule has 1 atom stereocenters. The molecular weight excluding hydrogens is 251 g/mol. The van der Waals surface area contributed by atoms with Crippen molar-refractivity contribution in [1.29, 1.82) is 0 Å². The summed E-state index contributed by atoms with van der Waals surface area (Å²) in [6.45, 7) is 0. The van der Waals surface area contributed by atoms with Crippen LogP contribution < -0.4 is 4.74 Å². The average molecular weight is 261 g/mol. The summed E-state index contributed by atoms with van der Waals surface area (Å²) < 4.78 is 18.6. The van der Waals surface area contributed by atoms with E-state index in [1.165, 1.54) is 18.2 Å². The van der Waals surface area contributed by atoms with Crippen molar-refractivity contribution in [3.63, 3.8) is 0 Å². The standard InChI is InChI=1S/C15H10ClFO/c1-2-15(18-12-6-4-3-5-7-12)13-9-8-11(17)10-14(13)16/h1,3-10,15H. The van der Waals surface area contributed by atoms with Crippen LogP contribution in [0.5, 0.6) is 5.75 Å². The van der Waals surface area contributed by atoms with Crippen molar-refractivity contribution in [3.05, 3.63) is 64.9 Å². The van der Waals surface area contributed by atoms with Crippen molar-refractivity contribution in [3.8, 4) is 18.1 Å². The van der Waals surface area contributed by atoms with Crippen molar-refractivity contribution >= 4 is 11.6 Å². The molecule has 0 spiro atoms. The van der Waals surface area contributed by atoms with Gasteiger partial charge in [-0.15, -0.1) is 6.42 Å². The number of hydrogen-bond donors (Lipinski definition) is 0. The summed E-state index contributed by atoms with van der Waals surface area (Å²) in [7, 11) is 0. The van der Waals surface area contributed by atoms with Crippen LogP contribution in [0.15, 0.2) is 48.5 Å². The molecule has 0 bridgehead atoms. The molecule has 0 aliphatic heterocycles. The lowest BCUT2D eigenvalue weighted by Gasteiger charge is -2.15. The first-order chi connectivity index (χ1) is 8.70.